The van der Waals surface area contributed by atoms with Crippen LogP contribution in [0.2, 0.25) is 0 Å². The van der Waals surface area contributed by atoms with Crippen molar-refractivity contribution in [1.82, 2.24) is 15.5 Å². The fourth-order valence-electron chi connectivity index (χ4n) is 2.53. The number of aromatic nitrogens is 2. The number of aryl methyl sites for hydroxylation is 2. The molecule has 0 saturated heterocycles. The number of hydrogen-bond donors (Lipinski definition) is 1. The minimum absolute atomic E-state index is 0.0519. The molecule has 21 heavy (non-hydrogen) atoms. The van der Waals surface area contributed by atoms with Gasteiger partial charge < -0.3 is 5.32 Å². The lowest BCUT2D eigenvalue weighted by molar-refractivity contribution is 0.521. The van der Waals surface area contributed by atoms with Crippen molar-refractivity contribution in [3.63, 3.8) is 0 Å². The fraction of sp³-hybridized carbons (Fsp3) is 0.412. The lowest BCUT2D eigenvalue weighted by Crippen LogP contribution is -2.25. The highest BCUT2D eigenvalue weighted by Crippen LogP contribution is 2.23. The van der Waals surface area contributed by atoms with Gasteiger partial charge in [-0.15, -0.1) is 0 Å². The number of likely N-dealkylation sites (N-methyl/N-ethyl adjacent to an activating group) is 1. The molecule has 1 aromatic heterocycles. The molecule has 0 aliphatic carbocycles. The van der Waals surface area contributed by atoms with E-state index in [0.717, 1.165) is 35.5 Å². The highest BCUT2D eigenvalue weighted by atomic mass is 19.1. The first kappa shape index (κ1) is 15.6. The van der Waals surface area contributed by atoms with Crippen LogP contribution < -0.4 is 5.32 Å². The normalized spacial score (nSPS) is 12.4. The molecule has 1 atom stereocenters. The van der Waals surface area contributed by atoms with Crippen molar-refractivity contribution >= 4 is 0 Å². The van der Waals surface area contributed by atoms with Crippen LogP contribution in [0.3, 0.4) is 0 Å². The third kappa shape index (κ3) is 3.85. The van der Waals surface area contributed by atoms with E-state index in [2.05, 4.69) is 35.4 Å². The van der Waals surface area contributed by atoms with Gasteiger partial charge in [0.2, 0.25) is 0 Å². The summed E-state index contributed by atoms with van der Waals surface area (Å²) in [5, 5.41) is 11.8. The monoisotopic (exact) mass is 287 g/mol. The second-order valence-corrected chi connectivity index (χ2v) is 5.15. The van der Waals surface area contributed by atoms with Crippen LogP contribution in [-0.2, 0) is 12.8 Å². The van der Waals surface area contributed by atoms with E-state index >= 15 is 0 Å². The molecular weight excluding hydrogens is 265 g/mol. The van der Waals surface area contributed by atoms with E-state index in [1.165, 1.54) is 6.07 Å². The van der Waals surface area contributed by atoms with Crippen LogP contribution in [0.1, 0.15) is 42.4 Å². The molecule has 3 nitrogen and oxygen atoms in total. The van der Waals surface area contributed by atoms with Crippen molar-refractivity contribution in [2.24, 2.45) is 0 Å². The van der Waals surface area contributed by atoms with Gasteiger partial charge in [-0.2, -0.15) is 10.2 Å². The van der Waals surface area contributed by atoms with E-state index < -0.39 is 0 Å². The van der Waals surface area contributed by atoms with Crippen molar-refractivity contribution in [2.75, 3.05) is 6.54 Å². The zero-order valence-electron chi connectivity index (χ0n) is 12.9. The maximum atomic E-state index is 13.9. The molecule has 1 N–H and O–H groups in total. The SMILES string of the molecule is CCNC(Cc1ccccc1F)c1cc(C)nnc1CC. The van der Waals surface area contributed by atoms with Crippen LogP contribution in [-0.4, -0.2) is 16.7 Å². The lowest BCUT2D eigenvalue weighted by Gasteiger charge is -2.21. The summed E-state index contributed by atoms with van der Waals surface area (Å²) in [4.78, 5) is 0. The molecule has 1 unspecified atom stereocenters. The Morgan fingerprint density at radius 1 is 1.19 bits per heavy atom. The first-order chi connectivity index (χ1) is 10.2. The Bertz CT molecular complexity index is 598. The van der Waals surface area contributed by atoms with Gasteiger partial charge in [0.15, 0.2) is 0 Å². The van der Waals surface area contributed by atoms with E-state index in [4.69, 9.17) is 0 Å². The summed E-state index contributed by atoms with van der Waals surface area (Å²) in [7, 11) is 0. The molecule has 1 aromatic carbocycles. The van der Waals surface area contributed by atoms with Crippen LogP contribution in [0.15, 0.2) is 30.3 Å². The predicted molar refractivity (Wildman–Crippen MR) is 82.7 cm³/mol. The molecule has 2 aromatic rings. The van der Waals surface area contributed by atoms with Crippen LogP contribution in [0.5, 0.6) is 0 Å². The minimum atomic E-state index is -0.155. The zero-order valence-corrected chi connectivity index (χ0v) is 12.9. The Labute approximate surface area is 125 Å². The molecule has 4 heteroatoms. The Balaban J connectivity index is 2.35. The van der Waals surface area contributed by atoms with Crippen LogP contribution in [0, 0.1) is 12.7 Å². The van der Waals surface area contributed by atoms with Gasteiger partial charge in [0.05, 0.1) is 11.4 Å². The van der Waals surface area contributed by atoms with Gasteiger partial charge in [-0.05, 0) is 49.6 Å². The molecule has 0 aliphatic heterocycles. The first-order valence-corrected chi connectivity index (χ1v) is 7.45. The molecule has 0 radical (unpaired) electrons. The maximum Gasteiger partial charge on any atom is 0.126 e. The largest absolute Gasteiger partial charge is 0.310 e. The van der Waals surface area contributed by atoms with Crippen LogP contribution in [0.4, 0.5) is 4.39 Å². The molecule has 0 bridgehead atoms. The average molecular weight is 287 g/mol. The van der Waals surface area contributed by atoms with E-state index in [1.54, 1.807) is 6.07 Å². The molecule has 0 amide bonds. The first-order valence-electron chi connectivity index (χ1n) is 7.45. The summed E-state index contributed by atoms with van der Waals surface area (Å²) in [6, 6.07) is 9.05. The molecule has 0 saturated carbocycles. The summed E-state index contributed by atoms with van der Waals surface area (Å²) in [5.74, 6) is -0.155. The minimum Gasteiger partial charge on any atom is -0.310 e. The van der Waals surface area contributed by atoms with E-state index in [1.807, 2.05) is 19.1 Å². The lowest BCUT2D eigenvalue weighted by atomic mass is 9.96. The van der Waals surface area contributed by atoms with Crippen LogP contribution >= 0.6 is 0 Å². The van der Waals surface area contributed by atoms with Crippen molar-refractivity contribution in [1.29, 1.82) is 0 Å². The Morgan fingerprint density at radius 3 is 2.62 bits per heavy atom. The molecule has 2 rings (SSSR count). The standard InChI is InChI=1S/C17H22FN3/c1-4-16-14(10-12(3)20-21-16)17(19-5-2)11-13-8-6-7-9-15(13)18/h6-10,17,19H,4-5,11H2,1-3H3. The molecule has 0 aliphatic rings. The Hall–Kier alpha value is -1.81. The smallest absolute Gasteiger partial charge is 0.126 e. The highest BCUT2D eigenvalue weighted by molar-refractivity contribution is 5.28. The number of nitrogens with one attached hydrogen (secondary N) is 1. The van der Waals surface area contributed by atoms with Gasteiger partial charge in [-0.1, -0.05) is 32.0 Å². The summed E-state index contributed by atoms with van der Waals surface area (Å²) in [6.07, 6.45) is 1.43. The number of halogens is 1. The van der Waals surface area contributed by atoms with E-state index in [0.29, 0.717) is 6.42 Å². The molecule has 112 valence electrons. The van der Waals surface area contributed by atoms with Crippen molar-refractivity contribution in [2.45, 2.75) is 39.7 Å². The Morgan fingerprint density at radius 2 is 1.95 bits per heavy atom. The van der Waals surface area contributed by atoms with Gasteiger partial charge in [0, 0.05) is 6.04 Å². The quantitative estimate of drug-likeness (QED) is 0.885. The highest BCUT2D eigenvalue weighted by Gasteiger charge is 2.17. The third-order valence-corrected chi connectivity index (χ3v) is 3.57. The van der Waals surface area contributed by atoms with Gasteiger partial charge in [0.25, 0.3) is 0 Å². The number of rotatable bonds is 6. The summed E-state index contributed by atoms with van der Waals surface area (Å²) < 4.78 is 13.9. The van der Waals surface area contributed by atoms with Crippen molar-refractivity contribution in [3.8, 4) is 0 Å². The molecule has 1 heterocycles. The van der Waals surface area contributed by atoms with Gasteiger partial charge in [-0.25, -0.2) is 4.39 Å². The van der Waals surface area contributed by atoms with Gasteiger partial charge >= 0.3 is 0 Å². The average Bonchev–Trinajstić information content (AvgIpc) is 2.49. The van der Waals surface area contributed by atoms with Crippen molar-refractivity contribution in [3.05, 3.63) is 58.7 Å². The summed E-state index contributed by atoms with van der Waals surface area (Å²) in [5.41, 5.74) is 3.71. The molecule has 0 fully saturated rings. The predicted octanol–water partition coefficient (Wildman–Crippen LogP) is 3.38. The third-order valence-electron chi connectivity index (χ3n) is 3.57. The van der Waals surface area contributed by atoms with E-state index in [9.17, 15) is 4.39 Å². The second kappa shape index (κ2) is 7.27. The Kier molecular flexibility index (Phi) is 5.39. The molecule has 0 spiro atoms. The van der Waals surface area contributed by atoms with Crippen LogP contribution in [0.25, 0.3) is 0 Å². The number of nitrogens with zero attached hydrogens (tertiary/aromatic N) is 2. The second-order valence-electron chi connectivity index (χ2n) is 5.15. The zero-order chi connectivity index (χ0) is 15.2. The summed E-state index contributed by atoms with van der Waals surface area (Å²) >= 11 is 0. The summed E-state index contributed by atoms with van der Waals surface area (Å²) in [6.45, 7) is 6.88. The fourth-order valence-corrected chi connectivity index (χ4v) is 2.53. The topological polar surface area (TPSA) is 37.8 Å². The van der Waals surface area contributed by atoms with Gasteiger partial charge in [-0.3, -0.25) is 0 Å². The molecular formula is C17H22FN3. The maximum absolute atomic E-state index is 13.9. The number of benzene rings is 1. The van der Waals surface area contributed by atoms with E-state index in [-0.39, 0.29) is 11.9 Å². The number of hydrogen-bond acceptors (Lipinski definition) is 3. The van der Waals surface area contributed by atoms with Crippen molar-refractivity contribution < 1.29 is 4.39 Å². The van der Waals surface area contributed by atoms with Gasteiger partial charge in [0.1, 0.15) is 5.82 Å².